The minimum atomic E-state index is 0.705. The fourth-order valence-corrected chi connectivity index (χ4v) is 4.06. The molecule has 0 spiro atoms. The van der Waals surface area contributed by atoms with Crippen LogP contribution in [-0.4, -0.2) is 6.21 Å². The summed E-state index contributed by atoms with van der Waals surface area (Å²) in [6.45, 7) is 12.9. The van der Waals surface area contributed by atoms with Gasteiger partial charge in [0, 0.05) is 11.8 Å². The Bertz CT molecular complexity index is 820. The van der Waals surface area contributed by atoms with Gasteiger partial charge in [-0.05, 0) is 80.3 Å². The number of hydrogen-bond acceptors (Lipinski definition) is 1. The molecule has 0 N–H and O–H groups in total. The molecule has 1 saturated carbocycles. The van der Waals surface area contributed by atoms with Crippen LogP contribution in [0.2, 0.25) is 0 Å². The van der Waals surface area contributed by atoms with E-state index in [-0.39, 0.29) is 0 Å². The molecule has 1 heteroatoms. The second-order valence-electron chi connectivity index (χ2n) is 7.38. The third-order valence-corrected chi connectivity index (χ3v) is 5.58. The van der Waals surface area contributed by atoms with Gasteiger partial charge in [0.25, 0.3) is 0 Å². The molecule has 0 unspecified atom stereocenters. The average molecular weight is 332 g/mol. The van der Waals surface area contributed by atoms with Gasteiger partial charge in [-0.1, -0.05) is 49.2 Å². The first-order valence-corrected chi connectivity index (χ1v) is 9.41. The smallest absolute Gasteiger partial charge is 0.0706 e. The fraction of sp³-hybridized carbons (Fsp3) is 0.375. The van der Waals surface area contributed by atoms with E-state index in [2.05, 4.69) is 62.7 Å². The Kier molecular flexibility index (Phi) is 5.22. The van der Waals surface area contributed by atoms with Crippen LogP contribution < -0.4 is 0 Å². The van der Waals surface area contributed by atoms with Crippen molar-refractivity contribution in [2.75, 3.05) is 0 Å². The highest BCUT2D eigenvalue weighted by Crippen LogP contribution is 2.39. The number of hydrogen-bond donors (Lipinski definition) is 0. The van der Waals surface area contributed by atoms with E-state index in [0.29, 0.717) is 5.92 Å². The third-order valence-electron chi connectivity index (χ3n) is 5.58. The fourth-order valence-electron chi connectivity index (χ4n) is 4.06. The van der Waals surface area contributed by atoms with E-state index >= 15 is 0 Å². The highest BCUT2D eigenvalue weighted by atomic mass is 14.7. The summed E-state index contributed by atoms with van der Waals surface area (Å²) in [5.74, 6) is 0.705. The van der Waals surface area contributed by atoms with Gasteiger partial charge in [0.15, 0.2) is 0 Å². The minimum absolute atomic E-state index is 0.705. The van der Waals surface area contributed by atoms with Gasteiger partial charge >= 0.3 is 0 Å². The molecule has 0 amide bonds. The van der Waals surface area contributed by atoms with Crippen molar-refractivity contribution in [3.63, 3.8) is 0 Å². The molecule has 1 aliphatic rings. The van der Waals surface area contributed by atoms with Gasteiger partial charge in [-0.15, -0.1) is 0 Å². The largest absolute Gasteiger partial charge is 0.261 e. The highest BCUT2D eigenvalue weighted by Gasteiger charge is 2.19. The molecule has 1 nitrogen and oxygen atoms in total. The van der Waals surface area contributed by atoms with Gasteiger partial charge in [-0.25, -0.2) is 0 Å². The van der Waals surface area contributed by atoms with Crippen molar-refractivity contribution in [1.82, 2.24) is 0 Å². The lowest BCUT2D eigenvalue weighted by molar-refractivity contribution is 0.723. The Morgan fingerprint density at radius 1 is 1.04 bits per heavy atom. The normalized spacial score (nSPS) is 15.2. The molecule has 2 aromatic rings. The molecular formula is C24H29N. The predicted octanol–water partition coefficient (Wildman–Crippen LogP) is 7.05. The number of aryl methyl sites for hydroxylation is 2. The monoisotopic (exact) mass is 331 g/mol. The molecule has 0 radical (unpaired) electrons. The van der Waals surface area contributed by atoms with Crippen molar-refractivity contribution < 1.29 is 0 Å². The first kappa shape index (κ1) is 17.7. The standard InChI is InChI=1S/C24H29N/c1-6-25-24-15-21(20-9-7-8-10-20)11-12-22(24)19(5)23-14-16(2)13-17(3)18(23)4/h6,11-15,20H,5,7-10H2,1-4H3/b25-6-. The maximum absolute atomic E-state index is 4.67. The van der Waals surface area contributed by atoms with E-state index in [1.807, 2.05) is 13.1 Å². The average Bonchev–Trinajstić information content (AvgIpc) is 3.12. The van der Waals surface area contributed by atoms with Gasteiger partial charge in [-0.3, -0.25) is 4.99 Å². The Balaban J connectivity index is 2.05. The van der Waals surface area contributed by atoms with Crippen LogP contribution in [0.3, 0.4) is 0 Å². The van der Waals surface area contributed by atoms with Crippen molar-refractivity contribution in [2.24, 2.45) is 4.99 Å². The van der Waals surface area contributed by atoms with Crippen molar-refractivity contribution in [3.05, 3.63) is 70.3 Å². The molecule has 0 heterocycles. The number of aliphatic imine (C=N–C) groups is 1. The lowest BCUT2D eigenvalue weighted by Gasteiger charge is -2.17. The van der Waals surface area contributed by atoms with Crippen molar-refractivity contribution in [1.29, 1.82) is 0 Å². The van der Waals surface area contributed by atoms with Crippen LogP contribution in [0.15, 0.2) is 41.9 Å². The van der Waals surface area contributed by atoms with E-state index in [4.69, 9.17) is 0 Å². The number of benzene rings is 2. The molecule has 0 bridgehead atoms. The summed E-state index contributed by atoms with van der Waals surface area (Å²) in [4.78, 5) is 4.67. The van der Waals surface area contributed by atoms with E-state index < -0.39 is 0 Å². The van der Waals surface area contributed by atoms with Crippen LogP contribution >= 0.6 is 0 Å². The summed E-state index contributed by atoms with van der Waals surface area (Å²) in [6, 6.07) is 11.3. The van der Waals surface area contributed by atoms with E-state index in [0.717, 1.165) is 16.8 Å². The molecule has 25 heavy (non-hydrogen) atoms. The zero-order valence-corrected chi connectivity index (χ0v) is 16.0. The molecule has 2 aromatic carbocycles. The zero-order valence-electron chi connectivity index (χ0n) is 16.0. The Labute approximate surface area is 152 Å². The van der Waals surface area contributed by atoms with Crippen molar-refractivity contribution >= 4 is 17.5 Å². The molecule has 0 atom stereocenters. The van der Waals surface area contributed by atoms with E-state index in [1.165, 1.54) is 53.5 Å². The zero-order chi connectivity index (χ0) is 18.0. The van der Waals surface area contributed by atoms with Gasteiger partial charge in [0.05, 0.1) is 5.69 Å². The molecule has 0 aliphatic heterocycles. The summed E-state index contributed by atoms with van der Waals surface area (Å²) in [7, 11) is 0. The summed E-state index contributed by atoms with van der Waals surface area (Å²) < 4.78 is 0. The number of nitrogens with zero attached hydrogens (tertiary/aromatic N) is 1. The van der Waals surface area contributed by atoms with Gasteiger partial charge in [0.2, 0.25) is 0 Å². The van der Waals surface area contributed by atoms with Crippen molar-refractivity contribution in [2.45, 2.75) is 59.3 Å². The molecule has 0 aromatic heterocycles. The Hall–Kier alpha value is -2.15. The lowest BCUT2D eigenvalue weighted by atomic mass is 9.89. The summed E-state index contributed by atoms with van der Waals surface area (Å²) in [5.41, 5.74) is 9.85. The maximum Gasteiger partial charge on any atom is 0.0706 e. The summed E-state index contributed by atoms with van der Waals surface area (Å²) in [6.07, 6.45) is 7.22. The molecule has 3 rings (SSSR count). The SMILES string of the molecule is C=C(c1ccc(C2CCCC2)cc1/N=C\C)c1cc(C)cc(C)c1C. The summed E-state index contributed by atoms with van der Waals surface area (Å²) in [5, 5.41) is 0. The van der Waals surface area contributed by atoms with Gasteiger partial charge in [0.1, 0.15) is 0 Å². The third kappa shape index (κ3) is 3.61. The first-order valence-electron chi connectivity index (χ1n) is 9.41. The second kappa shape index (κ2) is 7.39. The van der Waals surface area contributed by atoms with Crippen LogP contribution in [-0.2, 0) is 0 Å². The quantitative estimate of drug-likeness (QED) is 0.532. The second-order valence-corrected chi connectivity index (χ2v) is 7.38. The molecule has 1 fully saturated rings. The van der Waals surface area contributed by atoms with E-state index in [9.17, 15) is 0 Å². The topological polar surface area (TPSA) is 12.4 Å². The highest BCUT2D eigenvalue weighted by molar-refractivity contribution is 5.86. The summed E-state index contributed by atoms with van der Waals surface area (Å²) >= 11 is 0. The van der Waals surface area contributed by atoms with E-state index in [1.54, 1.807) is 0 Å². The molecule has 1 aliphatic carbocycles. The Morgan fingerprint density at radius 3 is 2.44 bits per heavy atom. The molecular weight excluding hydrogens is 302 g/mol. The first-order chi connectivity index (χ1) is 12.0. The van der Waals surface area contributed by atoms with Crippen LogP contribution in [0.5, 0.6) is 0 Å². The van der Waals surface area contributed by atoms with Crippen molar-refractivity contribution in [3.8, 4) is 0 Å². The van der Waals surface area contributed by atoms with Gasteiger partial charge < -0.3 is 0 Å². The maximum atomic E-state index is 4.67. The molecule has 0 saturated heterocycles. The predicted molar refractivity (Wildman–Crippen MR) is 110 cm³/mol. The Morgan fingerprint density at radius 2 is 1.76 bits per heavy atom. The van der Waals surface area contributed by atoms with Crippen LogP contribution in [0, 0.1) is 20.8 Å². The molecule has 130 valence electrons. The number of rotatable bonds is 4. The van der Waals surface area contributed by atoms with Gasteiger partial charge in [-0.2, -0.15) is 0 Å². The lowest BCUT2D eigenvalue weighted by Crippen LogP contribution is -1.97. The van der Waals surface area contributed by atoms with Crippen LogP contribution in [0.1, 0.15) is 71.9 Å². The van der Waals surface area contributed by atoms with Crippen LogP contribution in [0.4, 0.5) is 5.69 Å². The van der Waals surface area contributed by atoms with Crippen LogP contribution in [0.25, 0.3) is 5.57 Å². The minimum Gasteiger partial charge on any atom is -0.261 e.